The van der Waals surface area contributed by atoms with E-state index in [-0.39, 0.29) is 19.4 Å². The molecule has 1 aliphatic heterocycles. The van der Waals surface area contributed by atoms with Gasteiger partial charge >= 0.3 is 5.97 Å². The van der Waals surface area contributed by atoms with E-state index in [4.69, 9.17) is 14.2 Å². The van der Waals surface area contributed by atoms with Crippen molar-refractivity contribution < 1.29 is 49.3 Å². The highest BCUT2D eigenvalue weighted by atomic mass is 16.7. The number of ether oxygens (including phenoxy) is 3. The van der Waals surface area contributed by atoms with Crippen LogP contribution in [0.2, 0.25) is 0 Å². The smallest absolute Gasteiger partial charge is 0.306 e. The summed E-state index contributed by atoms with van der Waals surface area (Å²) in [6, 6.07) is -1.04. The average Bonchev–Trinajstić information content (AvgIpc) is 3.43. The molecule has 1 aliphatic rings. The molecule has 11 nitrogen and oxygen atoms in total. The van der Waals surface area contributed by atoms with E-state index in [9.17, 15) is 35.1 Å². The summed E-state index contributed by atoms with van der Waals surface area (Å²) in [7, 11) is 0. The van der Waals surface area contributed by atoms with Gasteiger partial charge in [-0.25, -0.2) is 0 Å². The molecule has 0 aromatic heterocycles. The van der Waals surface area contributed by atoms with Crippen molar-refractivity contribution in [2.45, 2.75) is 333 Å². The van der Waals surface area contributed by atoms with Crippen LogP contribution in [0.25, 0.3) is 0 Å². The first-order valence-corrected chi connectivity index (χ1v) is 32.1. The van der Waals surface area contributed by atoms with E-state index >= 15 is 0 Å². The number of allylic oxidation sites excluding steroid dienone is 9. The van der Waals surface area contributed by atoms with Crippen molar-refractivity contribution in [3.63, 3.8) is 0 Å². The van der Waals surface area contributed by atoms with Gasteiger partial charge in [0.25, 0.3) is 0 Å². The van der Waals surface area contributed by atoms with E-state index < -0.39 is 67.4 Å². The second kappa shape index (κ2) is 54.0. The number of carbonyl (C=O) groups is 2. The Hall–Kier alpha value is -2.64. The Morgan fingerprint density at radius 3 is 1.35 bits per heavy atom. The number of carbonyl (C=O) groups excluding carboxylic acids is 2. The summed E-state index contributed by atoms with van der Waals surface area (Å²) < 4.78 is 17.5. The van der Waals surface area contributed by atoms with Gasteiger partial charge in [0.1, 0.15) is 24.4 Å². The summed E-state index contributed by atoms with van der Waals surface area (Å²) in [4.78, 5) is 26.5. The third-order valence-corrected chi connectivity index (χ3v) is 14.9. The molecule has 0 saturated carbocycles. The summed E-state index contributed by atoms with van der Waals surface area (Å²) in [6.45, 7) is 5.74. The predicted octanol–water partition coefficient (Wildman–Crippen LogP) is 15.4. The Balaban J connectivity index is 2.66. The first-order chi connectivity index (χ1) is 37.7. The maximum absolute atomic E-state index is 13.4. The number of unbranched alkanes of at least 4 members (excludes halogenated alkanes) is 32. The van der Waals surface area contributed by atoms with Crippen molar-refractivity contribution in [1.82, 2.24) is 5.32 Å². The van der Waals surface area contributed by atoms with Gasteiger partial charge < -0.3 is 45.1 Å². The quantitative estimate of drug-likeness (QED) is 0.0195. The van der Waals surface area contributed by atoms with Crippen LogP contribution >= 0.6 is 0 Å². The summed E-state index contributed by atoms with van der Waals surface area (Å²) in [6.07, 6.45) is 57.0. The molecule has 0 bridgehead atoms. The van der Waals surface area contributed by atoms with E-state index in [0.29, 0.717) is 12.8 Å². The highest BCUT2D eigenvalue weighted by Crippen LogP contribution is 2.26. The fourth-order valence-electron chi connectivity index (χ4n) is 9.79. The van der Waals surface area contributed by atoms with Crippen LogP contribution in [0.1, 0.15) is 284 Å². The fourth-order valence-corrected chi connectivity index (χ4v) is 9.79. The fraction of sp³-hybridized carbons (Fsp3) is 0.818. The third kappa shape index (κ3) is 42.0. The predicted molar refractivity (Wildman–Crippen MR) is 320 cm³/mol. The minimum absolute atomic E-state index is 0.0175. The minimum atomic E-state index is -1.64. The SMILES string of the molecule is CCCCC/C=C\C/C=C\CCCCCCCCCCCCCCC(O)C(=O)NC(COC1OC(CO)C(O)C(O)C1OC(=O)CC/C=C/C/C=C\CCCCCCCC)C(O)/C=C/CCCCCCCCCCCCC. The van der Waals surface area contributed by atoms with Crippen molar-refractivity contribution in [2.24, 2.45) is 0 Å². The van der Waals surface area contributed by atoms with Gasteiger partial charge in [0.2, 0.25) is 5.91 Å². The molecule has 0 radical (unpaired) electrons. The minimum Gasteiger partial charge on any atom is -0.454 e. The number of rotatable bonds is 54. The summed E-state index contributed by atoms with van der Waals surface area (Å²) >= 11 is 0. The zero-order chi connectivity index (χ0) is 56.1. The highest BCUT2D eigenvalue weighted by molar-refractivity contribution is 5.80. The molecular formula is C66H119NO10. The molecule has 1 fully saturated rings. The third-order valence-electron chi connectivity index (χ3n) is 14.9. The molecule has 0 aromatic carbocycles. The molecule has 0 aromatic rings. The van der Waals surface area contributed by atoms with Crippen LogP contribution in [0.5, 0.6) is 0 Å². The number of amides is 1. The molecule has 8 atom stereocenters. The van der Waals surface area contributed by atoms with Crippen LogP contribution < -0.4 is 5.32 Å². The highest BCUT2D eigenvalue weighted by Gasteiger charge is 2.47. The first kappa shape index (κ1) is 72.4. The Morgan fingerprint density at radius 1 is 0.506 bits per heavy atom. The maximum Gasteiger partial charge on any atom is 0.306 e. The van der Waals surface area contributed by atoms with E-state index in [1.54, 1.807) is 6.08 Å². The molecule has 1 saturated heterocycles. The van der Waals surface area contributed by atoms with Gasteiger partial charge in [-0.05, 0) is 77.0 Å². The van der Waals surface area contributed by atoms with Crippen LogP contribution in [0.15, 0.2) is 60.8 Å². The van der Waals surface area contributed by atoms with Gasteiger partial charge in [-0.1, -0.05) is 261 Å². The number of nitrogens with one attached hydrogen (secondary N) is 1. The van der Waals surface area contributed by atoms with Crippen molar-refractivity contribution in [3.8, 4) is 0 Å². The van der Waals surface area contributed by atoms with Crippen LogP contribution in [0.4, 0.5) is 0 Å². The Labute approximate surface area is 471 Å². The summed E-state index contributed by atoms with van der Waals surface area (Å²) in [5, 5.41) is 57.0. The van der Waals surface area contributed by atoms with Crippen molar-refractivity contribution in [1.29, 1.82) is 0 Å². The molecule has 448 valence electrons. The molecule has 77 heavy (non-hydrogen) atoms. The zero-order valence-electron chi connectivity index (χ0n) is 49.6. The molecule has 0 aliphatic carbocycles. The van der Waals surface area contributed by atoms with Gasteiger partial charge in [-0.3, -0.25) is 9.59 Å². The van der Waals surface area contributed by atoms with E-state index in [1.165, 1.54) is 180 Å². The molecule has 0 spiro atoms. The molecule has 1 rings (SSSR count). The van der Waals surface area contributed by atoms with E-state index in [1.807, 2.05) is 18.2 Å². The van der Waals surface area contributed by atoms with Gasteiger partial charge in [0.05, 0.1) is 25.4 Å². The van der Waals surface area contributed by atoms with Gasteiger partial charge in [0.15, 0.2) is 12.4 Å². The Kier molecular flexibility index (Phi) is 50.7. The second-order valence-corrected chi connectivity index (χ2v) is 22.1. The standard InChI is InChI=1S/C66H119NO10/c1-4-7-10-13-16-19-22-25-26-27-28-29-30-31-32-33-36-38-41-44-47-50-53-59(70)65(74)67-57(58(69)52-49-46-43-40-37-34-23-20-17-14-11-8-5-2)56-75-66-64(63(73)62(72)60(55-68)76-66)77-61(71)54-51-48-45-42-39-35-24-21-18-15-12-9-6-3/h16,19,25-26,35,39,45,48-49,52,57-60,62-64,66,68-70,72-73H,4-15,17-18,20-24,27-34,36-38,40-44,46-47,50-51,53-56H2,1-3H3,(H,67,74)/b19-16-,26-25-,39-35-,48-45+,52-49+. The van der Waals surface area contributed by atoms with Crippen LogP contribution in [-0.4, -0.2) is 99.6 Å². The van der Waals surface area contributed by atoms with Crippen LogP contribution in [-0.2, 0) is 23.8 Å². The number of esters is 1. The van der Waals surface area contributed by atoms with Crippen molar-refractivity contribution >= 4 is 11.9 Å². The molecule has 1 amide bonds. The monoisotopic (exact) mass is 1090 g/mol. The summed E-state index contributed by atoms with van der Waals surface area (Å²) in [5.74, 6) is -1.26. The Morgan fingerprint density at radius 2 is 0.896 bits per heavy atom. The van der Waals surface area contributed by atoms with Crippen LogP contribution in [0.3, 0.4) is 0 Å². The number of aliphatic hydroxyl groups excluding tert-OH is 5. The molecule has 11 heteroatoms. The summed E-state index contributed by atoms with van der Waals surface area (Å²) in [5.41, 5.74) is 0. The topological polar surface area (TPSA) is 175 Å². The normalized spacial score (nSPS) is 19.4. The zero-order valence-corrected chi connectivity index (χ0v) is 49.6. The van der Waals surface area contributed by atoms with E-state index in [2.05, 4.69) is 62.5 Å². The number of hydrogen-bond donors (Lipinski definition) is 6. The lowest BCUT2D eigenvalue weighted by atomic mass is 9.99. The average molecular weight is 1090 g/mol. The lowest BCUT2D eigenvalue weighted by Crippen LogP contribution is -2.61. The number of aliphatic hydroxyl groups is 5. The first-order valence-electron chi connectivity index (χ1n) is 32.1. The molecular weight excluding hydrogens is 967 g/mol. The maximum atomic E-state index is 13.4. The molecule has 6 N–H and O–H groups in total. The van der Waals surface area contributed by atoms with Crippen molar-refractivity contribution in [3.05, 3.63) is 60.8 Å². The van der Waals surface area contributed by atoms with Gasteiger partial charge in [-0.2, -0.15) is 0 Å². The largest absolute Gasteiger partial charge is 0.454 e. The number of hydrogen-bond acceptors (Lipinski definition) is 10. The van der Waals surface area contributed by atoms with Crippen molar-refractivity contribution in [2.75, 3.05) is 13.2 Å². The molecule has 8 unspecified atom stereocenters. The second-order valence-electron chi connectivity index (χ2n) is 22.1. The van der Waals surface area contributed by atoms with Gasteiger partial charge in [-0.15, -0.1) is 0 Å². The lowest BCUT2D eigenvalue weighted by Gasteiger charge is -2.41. The Bertz CT molecular complexity index is 1480. The van der Waals surface area contributed by atoms with E-state index in [0.717, 1.165) is 57.8 Å². The molecule has 1 heterocycles. The van der Waals surface area contributed by atoms with Crippen LogP contribution in [0, 0.1) is 0 Å². The lowest BCUT2D eigenvalue weighted by molar-refractivity contribution is -0.305. The van der Waals surface area contributed by atoms with Gasteiger partial charge in [0, 0.05) is 6.42 Å².